The Morgan fingerprint density at radius 3 is 2.50 bits per heavy atom. The lowest BCUT2D eigenvalue weighted by Crippen LogP contribution is -2.23. The fraction of sp³-hybridized carbons (Fsp3) is 0.467. The third-order valence-electron chi connectivity index (χ3n) is 3.14. The number of rotatable bonds is 7. The standard InChI is InChI=1S/C15H20N2O/c1-3-7-14(15(18)12(2)17-16)11-10-13-8-5-4-6-9-13/h4-6,8-9,14H,3,7,10-11H2,1-2H3. The average Bonchev–Trinajstić information content (AvgIpc) is 2.43. The van der Waals surface area contributed by atoms with E-state index in [0.29, 0.717) is 0 Å². The Labute approximate surface area is 108 Å². The lowest BCUT2D eigenvalue weighted by Gasteiger charge is -2.11. The molecule has 0 aliphatic heterocycles. The van der Waals surface area contributed by atoms with Gasteiger partial charge in [0.2, 0.25) is 5.78 Å². The van der Waals surface area contributed by atoms with Gasteiger partial charge < -0.3 is 5.53 Å². The molecule has 0 aliphatic carbocycles. The fourth-order valence-electron chi connectivity index (χ4n) is 2.09. The number of hydrogen-bond acceptors (Lipinski definition) is 1. The van der Waals surface area contributed by atoms with E-state index in [4.69, 9.17) is 5.53 Å². The highest BCUT2D eigenvalue weighted by molar-refractivity contribution is 6.37. The van der Waals surface area contributed by atoms with Crippen LogP contribution in [0.1, 0.15) is 38.7 Å². The van der Waals surface area contributed by atoms with Crippen LogP contribution in [0, 0.1) is 5.92 Å². The van der Waals surface area contributed by atoms with Crippen LogP contribution in [0.3, 0.4) is 0 Å². The summed E-state index contributed by atoms with van der Waals surface area (Å²) in [5.41, 5.74) is 10.1. The van der Waals surface area contributed by atoms with E-state index in [-0.39, 0.29) is 17.4 Å². The molecule has 0 aromatic heterocycles. The van der Waals surface area contributed by atoms with Crippen LogP contribution in [0.4, 0.5) is 0 Å². The van der Waals surface area contributed by atoms with E-state index in [0.717, 1.165) is 25.7 Å². The summed E-state index contributed by atoms with van der Waals surface area (Å²) in [6.45, 7) is 3.63. The first kappa shape index (κ1) is 14.3. The van der Waals surface area contributed by atoms with Gasteiger partial charge in [0.15, 0.2) is 0 Å². The molecule has 0 bridgehead atoms. The molecule has 0 radical (unpaired) electrons. The van der Waals surface area contributed by atoms with Gasteiger partial charge in [0.1, 0.15) is 0 Å². The predicted octanol–water partition coefficient (Wildman–Crippen LogP) is 3.30. The molecule has 0 N–H and O–H groups in total. The number of nitrogens with zero attached hydrogens (tertiary/aromatic N) is 2. The second-order valence-corrected chi connectivity index (χ2v) is 4.56. The number of carbonyl (C=O) groups excluding carboxylic acids is 1. The molecule has 0 saturated carbocycles. The molecule has 1 aromatic carbocycles. The summed E-state index contributed by atoms with van der Waals surface area (Å²) in [5, 5.41) is 0. The van der Waals surface area contributed by atoms with Gasteiger partial charge >= 0.3 is 5.71 Å². The highest BCUT2D eigenvalue weighted by atomic mass is 16.1. The molecule has 1 unspecified atom stereocenters. The number of Topliss-reactive ketones (excluding diaryl/α,β-unsaturated/α-hetero) is 1. The smallest absolute Gasteiger partial charge is 0.331 e. The lowest BCUT2D eigenvalue weighted by atomic mass is 9.90. The fourth-order valence-corrected chi connectivity index (χ4v) is 2.09. The normalized spacial score (nSPS) is 11.7. The number of hydrogen-bond donors (Lipinski definition) is 0. The molecule has 96 valence electrons. The number of aryl methyl sites for hydroxylation is 1. The predicted molar refractivity (Wildman–Crippen MR) is 72.5 cm³/mol. The molecule has 3 nitrogen and oxygen atoms in total. The largest absolute Gasteiger partial charge is 0.361 e. The first-order valence-corrected chi connectivity index (χ1v) is 6.45. The minimum absolute atomic E-state index is 0.0321. The molecule has 1 atom stereocenters. The quantitative estimate of drug-likeness (QED) is 0.412. The van der Waals surface area contributed by atoms with Crippen molar-refractivity contribution in [1.82, 2.24) is 0 Å². The summed E-state index contributed by atoms with van der Waals surface area (Å²) in [4.78, 5) is 15.0. The van der Waals surface area contributed by atoms with Crippen molar-refractivity contribution in [2.75, 3.05) is 0 Å². The van der Waals surface area contributed by atoms with Crippen molar-refractivity contribution >= 4 is 11.5 Å². The SMILES string of the molecule is CCCC(CCc1ccccc1)C(=O)C(C)=[N+]=[N-]. The van der Waals surface area contributed by atoms with Gasteiger partial charge in [0.05, 0.1) is 0 Å². The second kappa shape index (κ2) is 7.57. The van der Waals surface area contributed by atoms with Crippen LogP contribution >= 0.6 is 0 Å². The molecule has 0 fully saturated rings. The Kier molecular flexibility index (Phi) is 6.03. The van der Waals surface area contributed by atoms with E-state index in [2.05, 4.69) is 23.8 Å². The molecule has 0 saturated heterocycles. The molecule has 1 rings (SSSR count). The Balaban J connectivity index is 2.64. The zero-order valence-electron chi connectivity index (χ0n) is 11.1. The van der Waals surface area contributed by atoms with Crippen LogP contribution in [-0.2, 0) is 11.2 Å². The summed E-state index contributed by atoms with van der Waals surface area (Å²) >= 11 is 0. The van der Waals surface area contributed by atoms with Gasteiger partial charge in [-0.3, -0.25) is 4.79 Å². The Bertz CT molecular complexity index is 433. The van der Waals surface area contributed by atoms with Gasteiger partial charge in [0, 0.05) is 12.8 Å². The number of carbonyl (C=O) groups is 1. The van der Waals surface area contributed by atoms with Crippen LogP contribution in [0.25, 0.3) is 5.53 Å². The van der Waals surface area contributed by atoms with Crippen molar-refractivity contribution in [1.29, 1.82) is 0 Å². The lowest BCUT2D eigenvalue weighted by molar-refractivity contribution is -0.121. The third kappa shape index (κ3) is 4.27. The van der Waals surface area contributed by atoms with E-state index in [9.17, 15) is 4.79 Å². The minimum atomic E-state index is -0.0360. The highest BCUT2D eigenvalue weighted by Crippen LogP contribution is 2.16. The van der Waals surface area contributed by atoms with Crippen LogP contribution in [0.15, 0.2) is 30.3 Å². The maximum atomic E-state index is 12.0. The van der Waals surface area contributed by atoms with Gasteiger partial charge in [-0.2, -0.15) is 4.79 Å². The van der Waals surface area contributed by atoms with Crippen molar-refractivity contribution < 1.29 is 9.58 Å². The van der Waals surface area contributed by atoms with Crippen molar-refractivity contribution in [3.05, 3.63) is 41.4 Å². The van der Waals surface area contributed by atoms with Gasteiger partial charge in [0.25, 0.3) is 0 Å². The molecular weight excluding hydrogens is 224 g/mol. The summed E-state index contributed by atoms with van der Waals surface area (Å²) < 4.78 is 0. The van der Waals surface area contributed by atoms with Crippen molar-refractivity contribution in [2.24, 2.45) is 5.92 Å². The molecule has 3 heteroatoms. The van der Waals surface area contributed by atoms with E-state index in [1.807, 2.05) is 18.2 Å². The molecule has 18 heavy (non-hydrogen) atoms. The van der Waals surface area contributed by atoms with E-state index >= 15 is 0 Å². The molecule has 0 aliphatic rings. The zero-order chi connectivity index (χ0) is 13.4. The summed E-state index contributed by atoms with van der Waals surface area (Å²) in [6, 6.07) is 10.1. The maximum absolute atomic E-state index is 12.0. The summed E-state index contributed by atoms with van der Waals surface area (Å²) in [7, 11) is 0. The van der Waals surface area contributed by atoms with E-state index in [1.165, 1.54) is 5.56 Å². The highest BCUT2D eigenvalue weighted by Gasteiger charge is 2.24. The molecule has 0 spiro atoms. The molecular formula is C15H20N2O. The molecule has 0 amide bonds. The maximum Gasteiger partial charge on any atom is 0.331 e. The Hall–Kier alpha value is -1.73. The van der Waals surface area contributed by atoms with Gasteiger partial charge in [-0.1, -0.05) is 43.7 Å². The summed E-state index contributed by atoms with van der Waals surface area (Å²) in [5.74, 6) is -0.0682. The van der Waals surface area contributed by atoms with E-state index < -0.39 is 0 Å². The number of benzene rings is 1. The first-order chi connectivity index (χ1) is 8.69. The molecule has 0 heterocycles. The first-order valence-electron chi connectivity index (χ1n) is 6.45. The molecule has 1 aromatic rings. The van der Waals surface area contributed by atoms with E-state index in [1.54, 1.807) is 6.92 Å². The minimum Gasteiger partial charge on any atom is -0.361 e. The number of ketones is 1. The third-order valence-corrected chi connectivity index (χ3v) is 3.14. The zero-order valence-corrected chi connectivity index (χ0v) is 11.1. The van der Waals surface area contributed by atoms with Crippen LogP contribution in [-0.4, -0.2) is 16.3 Å². The summed E-state index contributed by atoms with van der Waals surface area (Å²) in [6.07, 6.45) is 3.50. The van der Waals surface area contributed by atoms with Crippen molar-refractivity contribution in [3.8, 4) is 0 Å². The van der Waals surface area contributed by atoms with Crippen LogP contribution in [0.5, 0.6) is 0 Å². The Morgan fingerprint density at radius 2 is 1.94 bits per heavy atom. The average molecular weight is 244 g/mol. The van der Waals surface area contributed by atoms with Crippen molar-refractivity contribution in [3.63, 3.8) is 0 Å². The van der Waals surface area contributed by atoms with Crippen LogP contribution in [0.2, 0.25) is 0 Å². The second-order valence-electron chi connectivity index (χ2n) is 4.56. The van der Waals surface area contributed by atoms with Gasteiger partial charge in [-0.05, 0) is 24.8 Å². The van der Waals surface area contributed by atoms with Gasteiger partial charge in [-0.25, -0.2) is 0 Å². The topological polar surface area (TPSA) is 53.5 Å². The monoisotopic (exact) mass is 244 g/mol. The van der Waals surface area contributed by atoms with Crippen LogP contribution < -0.4 is 0 Å². The van der Waals surface area contributed by atoms with Crippen molar-refractivity contribution in [2.45, 2.75) is 39.5 Å². The van der Waals surface area contributed by atoms with Gasteiger partial charge in [-0.15, -0.1) is 0 Å². The Morgan fingerprint density at radius 1 is 1.28 bits per heavy atom.